The third kappa shape index (κ3) is 4.44. The van der Waals surface area contributed by atoms with E-state index in [9.17, 15) is 0 Å². The van der Waals surface area contributed by atoms with Gasteiger partial charge in [0.2, 0.25) is 0 Å². The van der Waals surface area contributed by atoms with Gasteiger partial charge in [-0.15, -0.1) is 0 Å². The van der Waals surface area contributed by atoms with Crippen LogP contribution in [0.3, 0.4) is 0 Å². The van der Waals surface area contributed by atoms with Gasteiger partial charge in [0.05, 0.1) is 0 Å². The molecule has 2 N–H and O–H groups in total. The topological polar surface area (TPSA) is 29.3 Å². The standard InChI is InChI=1S/C17H21BrN2/c1-14-11-16(7-8-17(14)18)13-20(10-9-19)12-15-5-3-2-4-6-15/h2-8,11H,9-10,12-13,19H2,1H3. The van der Waals surface area contributed by atoms with Gasteiger partial charge in [0, 0.05) is 30.7 Å². The molecule has 0 aliphatic heterocycles. The predicted molar refractivity (Wildman–Crippen MR) is 88.5 cm³/mol. The molecule has 2 aromatic carbocycles. The van der Waals surface area contributed by atoms with Crippen molar-refractivity contribution in [1.82, 2.24) is 4.90 Å². The van der Waals surface area contributed by atoms with Crippen LogP contribution in [0.5, 0.6) is 0 Å². The van der Waals surface area contributed by atoms with Crippen molar-refractivity contribution in [3.05, 3.63) is 69.7 Å². The smallest absolute Gasteiger partial charge is 0.0237 e. The van der Waals surface area contributed by atoms with Gasteiger partial charge in [-0.05, 0) is 29.7 Å². The first-order chi connectivity index (χ1) is 9.69. The minimum absolute atomic E-state index is 0.683. The van der Waals surface area contributed by atoms with Crippen LogP contribution in [0.25, 0.3) is 0 Å². The Labute approximate surface area is 129 Å². The fourth-order valence-electron chi connectivity index (χ4n) is 2.30. The fourth-order valence-corrected chi connectivity index (χ4v) is 2.55. The first-order valence-corrected chi connectivity index (χ1v) is 7.69. The molecule has 0 saturated carbocycles. The highest BCUT2D eigenvalue weighted by Gasteiger charge is 2.07. The van der Waals surface area contributed by atoms with E-state index in [0.29, 0.717) is 6.54 Å². The number of rotatable bonds is 6. The van der Waals surface area contributed by atoms with E-state index in [1.807, 2.05) is 0 Å². The van der Waals surface area contributed by atoms with Gasteiger partial charge in [0.1, 0.15) is 0 Å². The lowest BCUT2D eigenvalue weighted by Crippen LogP contribution is -2.28. The van der Waals surface area contributed by atoms with Crippen molar-refractivity contribution in [1.29, 1.82) is 0 Å². The molecule has 0 spiro atoms. The molecule has 0 unspecified atom stereocenters. The van der Waals surface area contributed by atoms with Crippen LogP contribution in [0.1, 0.15) is 16.7 Å². The molecule has 0 heterocycles. The highest BCUT2D eigenvalue weighted by atomic mass is 79.9. The Kier molecular flexibility index (Phi) is 5.77. The summed E-state index contributed by atoms with van der Waals surface area (Å²) in [6.45, 7) is 5.58. The lowest BCUT2D eigenvalue weighted by Gasteiger charge is -2.22. The quantitative estimate of drug-likeness (QED) is 0.873. The Balaban J connectivity index is 2.06. The second-order valence-electron chi connectivity index (χ2n) is 5.07. The van der Waals surface area contributed by atoms with Crippen LogP contribution < -0.4 is 5.73 Å². The van der Waals surface area contributed by atoms with Gasteiger partial charge in [0.25, 0.3) is 0 Å². The minimum Gasteiger partial charge on any atom is -0.329 e. The number of hydrogen-bond acceptors (Lipinski definition) is 2. The zero-order valence-corrected chi connectivity index (χ0v) is 13.4. The summed E-state index contributed by atoms with van der Waals surface area (Å²) in [5, 5.41) is 0. The molecule has 2 aromatic rings. The van der Waals surface area contributed by atoms with Gasteiger partial charge in [-0.25, -0.2) is 0 Å². The molecular weight excluding hydrogens is 312 g/mol. The lowest BCUT2D eigenvalue weighted by atomic mass is 10.1. The van der Waals surface area contributed by atoms with E-state index < -0.39 is 0 Å². The van der Waals surface area contributed by atoms with E-state index in [2.05, 4.69) is 76.3 Å². The molecule has 0 radical (unpaired) electrons. The highest BCUT2D eigenvalue weighted by Crippen LogP contribution is 2.18. The summed E-state index contributed by atoms with van der Waals surface area (Å²) in [6.07, 6.45) is 0. The van der Waals surface area contributed by atoms with E-state index >= 15 is 0 Å². The normalized spacial score (nSPS) is 11.0. The van der Waals surface area contributed by atoms with Crippen molar-refractivity contribution in [2.75, 3.05) is 13.1 Å². The molecule has 0 fully saturated rings. The number of halogens is 1. The molecule has 20 heavy (non-hydrogen) atoms. The number of aryl methyl sites for hydroxylation is 1. The van der Waals surface area contributed by atoms with Gasteiger partial charge in [-0.3, -0.25) is 4.90 Å². The number of benzene rings is 2. The Morgan fingerprint density at radius 3 is 2.35 bits per heavy atom. The number of hydrogen-bond donors (Lipinski definition) is 1. The molecule has 0 saturated heterocycles. The first kappa shape index (κ1) is 15.2. The minimum atomic E-state index is 0.683. The fraction of sp³-hybridized carbons (Fsp3) is 0.294. The molecule has 0 aliphatic rings. The van der Waals surface area contributed by atoms with Crippen LogP contribution in [0.2, 0.25) is 0 Å². The third-order valence-electron chi connectivity index (χ3n) is 3.32. The van der Waals surface area contributed by atoms with Crippen molar-refractivity contribution in [3.63, 3.8) is 0 Å². The summed E-state index contributed by atoms with van der Waals surface area (Å²) >= 11 is 3.55. The molecule has 0 aliphatic carbocycles. The van der Waals surface area contributed by atoms with Crippen molar-refractivity contribution in [3.8, 4) is 0 Å². The van der Waals surface area contributed by atoms with Gasteiger partial charge in [-0.1, -0.05) is 58.4 Å². The van der Waals surface area contributed by atoms with E-state index in [-0.39, 0.29) is 0 Å². The van der Waals surface area contributed by atoms with Crippen molar-refractivity contribution >= 4 is 15.9 Å². The van der Waals surface area contributed by atoms with Gasteiger partial charge in [0.15, 0.2) is 0 Å². The van der Waals surface area contributed by atoms with Crippen molar-refractivity contribution in [2.24, 2.45) is 5.73 Å². The number of nitrogens with zero attached hydrogens (tertiary/aromatic N) is 1. The molecular formula is C17H21BrN2. The largest absolute Gasteiger partial charge is 0.329 e. The average molecular weight is 333 g/mol. The van der Waals surface area contributed by atoms with Crippen LogP contribution in [0.15, 0.2) is 53.0 Å². The summed E-state index contributed by atoms with van der Waals surface area (Å²) in [5.41, 5.74) is 9.67. The van der Waals surface area contributed by atoms with Crippen LogP contribution in [0.4, 0.5) is 0 Å². The average Bonchev–Trinajstić information content (AvgIpc) is 2.44. The molecule has 0 amide bonds. The third-order valence-corrected chi connectivity index (χ3v) is 4.21. The molecule has 2 rings (SSSR count). The van der Waals surface area contributed by atoms with Crippen LogP contribution >= 0.6 is 15.9 Å². The monoisotopic (exact) mass is 332 g/mol. The molecule has 0 aromatic heterocycles. The lowest BCUT2D eigenvalue weighted by molar-refractivity contribution is 0.264. The Morgan fingerprint density at radius 1 is 1.00 bits per heavy atom. The molecule has 2 nitrogen and oxygen atoms in total. The van der Waals surface area contributed by atoms with Crippen LogP contribution in [-0.2, 0) is 13.1 Å². The van der Waals surface area contributed by atoms with E-state index in [0.717, 1.165) is 24.1 Å². The molecule has 3 heteroatoms. The highest BCUT2D eigenvalue weighted by molar-refractivity contribution is 9.10. The molecule has 106 valence electrons. The van der Waals surface area contributed by atoms with E-state index in [1.54, 1.807) is 0 Å². The van der Waals surface area contributed by atoms with Crippen molar-refractivity contribution in [2.45, 2.75) is 20.0 Å². The second-order valence-corrected chi connectivity index (χ2v) is 5.92. The Morgan fingerprint density at radius 2 is 1.70 bits per heavy atom. The van der Waals surface area contributed by atoms with E-state index in [1.165, 1.54) is 16.7 Å². The number of nitrogens with two attached hydrogens (primary N) is 1. The summed E-state index contributed by atoms with van der Waals surface area (Å²) < 4.78 is 1.16. The van der Waals surface area contributed by atoms with Crippen LogP contribution in [-0.4, -0.2) is 18.0 Å². The Bertz CT molecular complexity index is 540. The van der Waals surface area contributed by atoms with Gasteiger partial charge >= 0.3 is 0 Å². The SMILES string of the molecule is Cc1cc(CN(CCN)Cc2ccccc2)ccc1Br. The maximum Gasteiger partial charge on any atom is 0.0237 e. The van der Waals surface area contributed by atoms with E-state index in [4.69, 9.17) is 5.73 Å². The van der Waals surface area contributed by atoms with Crippen molar-refractivity contribution < 1.29 is 0 Å². The molecule has 0 atom stereocenters. The van der Waals surface area contributed by atoms with Gasteiger partial charge < -0.3 is 5.73 Å². The Hall–Kier alpha value is -1.16. The zero-order valence-electron chi connectivity index (χ0n) is 11.8. The van der Waals surface area contributed by atoms with Crippen LogP contribution in [0, 0.1) is 6.92 Å². The zero-order chi connectivity index (χ0) is 14.4. The maximum absolute atomic E-state index is 5.74. The summed E-state index contributed by atoms with van der Waals surface area (Å²) in [5.74, 6) is 0. The second kappa shape index (κ2) is 7.58. The molecule has 0 bridgehead atoms. The summed E-state index contributed by atoms with van der Waals surface area (Å²) in [6, 6.07) is 17.1. The predicted octanol–water partition coefficient (Wildman–Crippen LogP) is 3.72. The maximum atomic E-state index is 5.74. The van der Waals surface area contributed by atoms with Gasteiger partial charge in [-0.2, -0.15) is 0 Å². The summed E-state index contributed by atoms with van der Waals surface area (Å²) in [4.78, 5) is 2.39. The summed E-state index contributed by atoms with van der Waals surface area (Å²) in [7, 11) is 0. The first-order valence-electron chi connectivity index (χ1n) is 6.90.